The maximum atomic E-state index is 4.50. The summed E-state index contributed by atoms with van der Waals surface area (Å²) >= 11 is 0. The van der Waals surface area contributed by atoms with E-state index in [0.29, 0.717) is 17.9 Å². The molecule has 0 aromatic carbocycles. The van der Waals surface area contributed by atoms with Crippen molar-refractivity contribution in [1.29, 1.82) is 0 Å². The molecule has 1 aliphatic heterocycles. The summed E-state index contributed by atoms with van der Waals surface area (Å²) in [5.41, 5.74) is 1.18. The number of nitrogens with zero attached hydrogens (tertiary/aromatic N) is 2. The van der Waals surface area contributed by atoms with Crippen molar-refractivity contribution >= 4 is 0 Å². The van der Waals surface area contributed by atoms with Crippen LogP contribution in [0.2, 0.25) is 0 Å². The molecule has 3 heteroatoms. The van der Waals surface area contributed by atoms with Crippen molar-refractivity contribution in [3.05, 3.63) is 23.8 Å². The van der Waals surface area contributed by atoms with Crippen LogP contribution in [0.3, 0.4) is 0 Å². The van der Waals surface area contributed by atoms with Crippen molar-refractivity contribution < 1.29 is 0 Å². The Bertz CT molecular complexity index is 314. The van der Waals surface area contributed by atoms with E-state index < -0.39 is 0 Å². The van der Waals surface area contributed by atoms with E-state index in [2.05, 4.69) is 29.1 Å². The lowest BCUT2D eigenvalue weighted by Gasteiger charge is -2.18. The van der Waals surface area contributed by atoms with Crippen LogP contribution < -0.4 is 5.32 Å². The van der Waals surface area contributed by atoms with Crippen LogP contribution in [0.15, 0.2) is 12.3 Å². The Morgan fingerprint density at radius 1 is 1.43 bits per heavy atom. The molecule has 1 fully saturated rings. The van der Waals surface area contributed by atoms with Crippen LogP contribution in [0.25, 0.3) is 0 Å². The number of hydrogen-bond acceptors (Lipinski definition) is 3. The van der Waals surface area contributed by atoms with Crippen LogP contribution in [0.4, 0.5) is 0 Å². The van der Waals surface area contributed by atoms with Crippen molar-refractivity contribution in [2.45, 2.75) is 32.7 Å². The van der Waals surface area contributed by atoms with E-state index >= 15 is 0 Å². The number of hydrogen-bond donors (Lipinski definition) is 1. The summed E-state index contributed by atoms with van der Waals surface area (Å²) in [5.74, 6) is 2.07. The zero-order valence-corrected chi connectivity index (χ0v) is 8.99. The highest BCUT2D eigenvalue weighted by Crippen LogP contribution is 2.30. The van der Waals surface area contributed by atoms with E-state index in [1.807, 2.05) is 19.2 Å². The van der Waals surface area contributed by atoms with E-state index in [1.54, 1.807) is 0 Å². The molecule has 1 aliphatic rings. The minimum Gasteiger partial charge on any atom is -0.313 e. The van der Waals surface area contributed by atoms with E-state index in [1.165, 1.54) is 5.69 Å². The summed E-state index contributed by atoms with van der Waals surface area (Å²) in [7, 11) is 0. The summed E-state index contributed by atoms with van der Waals surface area (Å²) in [4.78, 5) is 8.63. The van der Waals surface area contributed by atoms with Gasteiger partial charge in [-0.2, -0.15) is 0 Å². The highest BCUT2D eigenvalue weighted by Gasteiger charge is 2.32. The van der Waals surface area contributed by atoms with Gasteiger partial charge in [0.2, 0.25) is 0 Å². The predicted molar refractivity (Wildman–Crippen MR) is 56.1 cm³/mol. The summed E-state index contributed by atoms with van der Waals surface area (Å²) in [6.45, 7) is 7.54. The third-order valence-corrected chi connectivity index (χ3v) is 3.05. The van der Waals surface area contributed by atoms with E-state index in [-0.39, 0.29) is 0 Å². The molecule has 14 heavy (non-hydrogen) atoms. The fourth-order valence-corrected chi connectivity index (χ4v) is 2.33. The third-order valence-electron chi connectivity index (χ3n) is 3.05. The summed E-state index contributed by atoms with van der Waals surface area (Å²) in [6, 6.07) is 2.57. The molecule has 2 rings (SSSR count). The first-order valence-corrected chi connectivity index (χ1v) is 5.21. The third kappa shape index (κ3) is 1.64. The molecule has 0 radical (unpaired) electrons. The first-order valence-electron chi connectivity index (χ1n) is 5.21. The molecule has 0 bridgehead atoms. The van der Waals surface area contributed by atoms with Gasteiger partial charge in [0.15, 0.2) is 0 Å². The first kappa shape index (κ1) is 9.59. The highest BCUT2D eigenvalue weighted by atomic mass is 15.0. The largest absolute Gasteiger partial charge is 0.313 e. The van der Waals surface area contributed by atoms with Crippen molar-refractivity contribution in [1.82, 2.24) is 15.3 Å². The van der Waals surface area contributed by atoms with Crippen LogP contribution in [0, 0.1) is 12.8 Å². The fourth-order valence-electron chi connectivity index (χ4n) is 2.33. The van der Waals surface area contributed by atoms with Gasteiger partial charge in [-0.25, -0.2) is 9.97 Å². The van der Waals surface area contributed by atoms with Crippen LogP contribution in [0.1, 0.15) is 31.3 Å². The molecule has 1 saturated heterocycles. The lowest BCUT2D eigenvalue weighted by Crippen LogP contribution is -2.22. The van der Waals surface area contributed by atoms with E-state index in [9.17, 15) is 0 Å². The maximum absolute atomic E-state index is 4.50. The van der Waals surface area contributed by atoms with E-state index in [0.717, 1.165) is 12.4 Å². The Morgan fingerprint density at radius 2 is 2.21 bits per heavy atom. The van der Waals surface area contributed by atoms with Crippen LogP contribution in [0.5, 0.6) is 0 Å². The molecule has 0 spiro atoms. The monoisotopic (exact) mass is 191 g/mol. The minimum atomic E-state index is 0.527. The fraction of sp³-hybridized carbons (Fsp3) is 0.636. The van der Waals surface area contributed by atoms with E-state index in [4.69, 9.17) is 0 Å². The molecule has 3 atom stereocenters. The molecule has 76 valence electrons. The van der Waals surface area contributed by atoms with Gasteiger partial charge >= 0.3 is 0 Å². The van der Waals surface area contributed by atoms with Gasteiger partial charge in [0.05, 0.1) is 0 Å². The Labute approximate surface area is 85.0 Å². The Morgan fingerprint density at radius 3 is 2.79 bits per heavy atom. The quantitative estimate of drug-likeness (QED) is 0.731. The van der Waals surface area contributed by atoms with Crippen LogP contribution in [-0.2, 0) is 0 Å². The van der Waals surface area contributed by atoms with Crippen LogP contribution >= 0.6 is 0 Å². The molecule has 1 N–H and O–H groups in total. The summed E-state index contributed by atoms with van der Waals surface area (Å²) in [5, 5.41) is 3.48. The van der Waals surface area contributed by atoms with Gasteiger partial charge in [-0.15, -0.1) is 0 Å². The average molecular weight is 191 g/mol. The topological polar surface area (TPSA) is 37.8 Å². The number of aryl methyl sites for hydroxylation is 1. The van der Waals surface area contributed by atoms with Crippen molar-refractivity contribution in [2.75, 3.05) is 6.54 Å². The van der Waals surface area contributed by atoms with Gasteiger partial charge in [-0.3, -0.25) is 0 Å². The Balaban J connectivity index is 2.29. The standard InChI is InChI=1S/C11H17N3/c1-7-6-13-8(2)11(7)10-4-5-12-9(3)14-10/h4-5,7-8,11,13H,6H2,1-3H3. The lowest BCUT2D eigenvalue weighted by atomic mass is 9.89. The number of rotatable bonds is 1. The summed E-state index contributed by atoms with van der Waals surface area (Å²) in [6.07, 6.45) is 1.86. The molecule has 3 unspecified atom stereocenters. The van der Waals surface area contributed by atoms with Gasteiger partial charge < -0.3 is 5.32 Å². The molecular weight excluding hydrogens is 174 g/mol. The summed E-state index contributed by atoms with van der Waals surface area (Å²) < 4.78 is 0. The molecule has 3 nitrogen and oxygen atoms in total. The first-order chi connectivity index (χ1) is 6.68. The number of nitrogens with one attached hydrogen (secondary N) is 1. The lowest BCUT2D eigenvalue weighted by molar-refractivity contribution is 0.505. The molecule has 0 amide bonds. The molecule has 1 aromatic heterocycles. The molecule has 0 aliphatic carbocycles. The smallest absolute Gasteiger partial charge is 0.125 e. The molecular formula is C11H17N3. The molecule has 1 aromatic rings. The second-order valence-corrected chi connectivity index (χ2v) is 4.23. The zero-order valence-electron chi connectivity index (χ0n) is 8.99. The van der Waals surface area contributed by atoms with Crippen molar-refractivity contribution in [3.8, 4) is 0 Å². The highest BCUT2D eigenvalue weighted by molar-refractivity contribution is 5.14. The predicted octanol–water partition coefficient (Wildman–Crippen LogP) is 1.50. The van der Waals surface area contributed by atoms with Gasteiger partial charge in [0.1, 0.15) is 5.82 Å². The zero-order chi connectivity index (χ0) is 10.1. The van der Waals surface area contributed by atoms with Crippen molar-refractivity contribution in [3.63, 3.8) is 0 Å². The van der Waals surface area contributed by atoms with Gasteiger partial charge in [-0.1, -0.05) is 6.92 Å². The normalized spacial score (nSPS) is 32.1. The Kier molecular flexibility index (Phi) is 2.50. The Hall–Kier alpha value is -0.960. The second-order valence-electron chi connectivity index (χ2n) is 4.23. The second kappa shape index (κ2) is 3.65. The van der Waals surface area contributed by atoms with Gasteiger partial charge in [0.25, 0.3) is 0 Å². The van der Waals surface area contributed by atoms with Crippen molar-refractivity contribution in [2.24, 2.45) is 5.92 Å². The van der Waals surface area contributed by atoms with Gasteiger partial charge in [0, 0.05) is 23.9 Å². The van der Waals surface area contributed by atoms with Gasteiger partial charge in [-0.05, 0) is 32.4 Å². The minimum absolute atomic E-state index is 0.527. The number of aromatic nitrogens is 2. The van der Waals surface area contributed by atoms with Crippen LogP contribution in [-0.4, -0.2) is 22.6 Å². The average Bonchev–Trinajstić information content (AvgIpc) is 2.46. The molecule has 2 heterocycles. The molecule has 0 saturated carbocycles. The SMILES string of the molecule is Cc1nccc(C2C(C)CNC2C)n1. The maximum Gasteiger partial charge on any atom is 0.125 e.